The van der Waals surface area contributed by atoms with Crippen molar-refractivity contribution in [1.29, 1.82) is 0 Å². The van der Waals surface area contributed by atoms with Gasteiger partial charge in [-0.1, -0.05) is 20.3 Å². The summed E-state index contributed by atoms with van der Waals surface area (Å²) in [6.07, 6.45) is 0.965. The molecule has 1 rings (SSSR count). The van der Waals surface area contributed by atoms with Crippen LogP contribution in [0.5, 0.6) is 0 Å². The van der Waals surface area contributed by atoms with Crippen LogP contribution in [0.2, 0.25) is 0 Å². The minimum atomic E-state index is -3.75. The Balaban J connectivity index is 2.77. The number of carbonyl (C=O) groups is 1. The molecule has 1 N–H and O–H groups in total. The van der Waals surface area contributed by atoms with Crippen molar-refractivity contribution in [1.82, 2.24) is 5.32 Å². The minimum Gasteiger partial charge on any atom is -0.349 e. The molecule has 1 aromatic rings. The van der Waals surface area contributed by atoms with Crippen LogP contribution in [0.1, 0.15) is 37.6 Å². The van der Waals surface area contributed by atoms with Gasteiger partial charge in [-0.3, -0.25) is 4.79 Å². The van der Waals surface area contributed by atoms with Crippen LogP contribution in [-0.4, -0.2) is 20.4 Å². The molecular formula is C11H16ClNO3S2. The fourth-order valence-corrected chi connectivity index (χ4v) is 3.30. The molecule has 1 aromatic heterocycles. The molecule has 0 saturated heterocycles. The lowest BCUT2D eigenvalue weighted by Gasteiger charge is -2.19. The number of halogens is 1. The third-order valence-electron chi connectivity index (χ3n) is 2.93. The Morgan fingerprint density at radius 2 is 2.11 bits per heavy atom. The van der Waals surface area contributed by atoms with Gasteiger partial charge in [-0.15, -0.1) is 11.3 Å². The van der Waals surface area contributed by atoms with Gasteiger partial charge in [-0.2, -0.15) is 0 Å². The lowest BCUT2D eigenvalue weighted by atomic mass is 10.0. The van der Waals surface area contributed by atoms with E-state index in [0.717, 1.165) is 17.8 Å². The molecule has 18 heavy (non-hydrogen) atoms. The molecule has 7 heteroatoms. The van der Waals surface area contributed by atoms with Gasteiger partial charge in [0.05, 0.1) is 5.56 Å². The minimum absolute atomic E-state index is 0.00879. The van der Waals surface area contributed by atoms with Crippen molar-refractivity contribution < 1.29 is 13.2 Å². The molecule has 4 nitrogen and oxygen atoms in total. The van der Waals surface area contributed by atoms with Crippen LogP contribution in [0.3, 0.4) is 0 Å². The molecule has 0 aromatic carbocycles. The summed E-state index contributed by atoms with van der Waals surface area (Å²) in [5.74, 6) is 0.0921. The molecule has 0 saturated carbocycles. The maximum absolute atomic E-state index is 11.9. The molecule has 2 atom stereocenters. The van der Waals surface area contributed by atoms with Crippen molar-refractivity contribution >= 4 is 37.0 Å². The van der Waals surface area contributed by atoms with E-state index in [9.17, 15) is 13.2 Å². The number of carbonyl (C=O) groups excluding carboxylic acids is 1. The molecule has 0 bridgehead atoms. The monoisotopic (exact) mass is 309 g/mol. The SMILES string of the molecule is CCC(C)C(C)NC(=O)c1csc(S(=O)(=O)Cl)c1. The van der Waals surface area contributed by atoms with Crippen molar-refractivity contribution in [2.45, 2.75) is 37.4 Å². The Bertz CT molecular complexity index is 524. The van der Waals surface area contributed by atoms with Gasteiger partial charge >= 0.3 is 0 Å². The Kier molecular flexibility index (Phi) is 5.19. The lowest BCUT2D eigenvalue weighted by Crippen LogP contribution is -2.36. The van der Waals surface area contributed by atoms with Crippen molar-refractivity contribution in [2.24, 2.45) is 5.92 Å². The average molecular weight is 310 g/mol. The Labute approximate surface area is 116 Å². The molecular weight excluding hydrogens is 294 g/mol. The maximum atomic E-state index is 11.9. The molecule has 102 valence electrons. The average Bonchev–Trinajstić information content (AvgIpc) is 2.76. The van der Waals surface area contributed by atoms with E-state index in [4.69, 9.17) is 10.7 Å². The fraction of sp³-hybridized carbons (Fsp3) is 0.545. The molecule has 1 amide bonds. The van der Waals surface area contributed by atoms with Gasteiger partial charge in [0.1, 0.15) is 4.21 Å². The second-order valence-electron chi connectivity index (χ2n) is 4.24. The van der Waals surface area contributed by atoms with Gasteiger partial charge in [0, 0.05) is 22.1 Å². The van der Waals surface area contributed by atoms with Gasteiger partial charge in [-0.25, -0.2) is 8.42 Å². The molecule has 0 fully saturated rings. The van der Waals surface area contributed by atoms with Crippen LogP contribution in [0.15, 0.2) is 15.7 Å². The summed E-state index contributed by atoms with van der Waals surface area (Å²) in [6, 6.07) is 1.34. The summed E-state index contributed by atoms with van der Waals surface area (Å²) >= 11 is 0.945. The fourth-order valence-electron chi connectivity index (χ4n) is 1.35. The van der Waals surface area contributed by atoms with E-state index in [1.807, 2.05) is 13.8 Å². The smallest absolute Gasteiger partial charge is 0.270 e. The van der Waals surface area contributed by atoms with Crippen LogP contribution in [0.25, 0.3) is 0 Å². The van der Waals surface area contributed by atoms with E-state index in [-0.39, 0.29) is 16.2 Å². The normalized spacial score (nSPS) is 15.1. The van der Waals surface area contributed by atoms with Crippen LogP contribution in [-0.2, 0) is 9.05 Å². The van der Waals surface area contributed by atoms with E-state index in [1.54, 1.807) is 0 Å². The Morgan fingerprint density at radius 3 is 2.56 bits per heavy atom. The van der Waals surface area contributed by atoms with Gasteiger partial charge in [0.15, 0.2) is 0 Å². The first-order chi connectivity index (χ1) is 8.25. The zero-order valence-electron chi connectivity index (χ0n) is 10.4. The van der Waals surface area contributed by atoms with Crippen molar-refractivity contribution in [3.63, 3.8) is 0 Å². The second kappa shape index (κ2) is 6.04. The number of thiophene rings is 1. The van der Waals surface area contributed by atoms with E-state index in [0.29, 0.717) is 11.5 Å². The van der Waals surface area contributed by atoms with Gasteiger partial charge in [0.25, 0.3) is 15.0 Å². The molecule has 2 unspecified atom stereocenters. The highest BCUT2D eigenvalue weighted by Crippen LogP contribution is 2.23. The predicted octanol–water partition coefficient (Wildman–Crippen LogP) is 2.84. The summed E-state index contributed by atoms with van der Waals surface area (Å²) < 4.78 is 22.2. The molecule has 0 spiro atoms. The van der Waals surface area contributed by atoms with Crippen LogP contribution < -0.4 is 5.32 Å². The van der Waals surface area contributed by atoms with Gasteiger partial charge in [0.2, 0.25) is 0 Å². The van der Waals surface area contributed by atoms with Crippen molar-refractivity contribution in [3.05, 3.63) is 17.0 Å². The lowest BCUT2D eigenvalue weighted by molar-refractivity contribution is 0.0928. The molecule has 0 aliphatic heterocycles. The molecule has 0 radical (unpaired) electrons. The molecule has 0 aliphatic carbocycles. The first kappa shape index (κ1) is 15.5. The predicted molar refractivity (Wildman–Crippen MR) is 73.7 cm³/mol. The maximum Gasteiger partial charge on any atom is 0.270 e. The van der Waals surface area contributed by atoms with E-state index in [2.05, 4.69) is 12.2 Å². The first-order valence-corrected chi connectivity index (χ1v) is 8.78. The van der Waals surface area contributed by atoms with Crippen LogP contribution in [0.4, 0.5) is 0 Å². The zero-order valence-corrected chi connectivity index (χ0v) is 12.8. The summed E-state index contributed by atoms with van der Waals surface area (Å²) in [5.41, 5.74) is 0.328. The molecule has 0 aliphatic rings. The van der Waals surface area contributed by atoms with Crippen LogP contribution in [0, 0.1) is 5.92 Å². The second-order valence-corrected chi connectivity index (χ2v) is 7.94. The van der Waals surface area contributed by atoms with Crippen LogP contribution >= 0.6 is 22.0 Å². The first-order valence-electron chi connectivity index (χ1n) is 5.59. The van der Waals surface area contributed by atoms with E-state index < -0.39 is 9.05 Å². The summed E-state index contributed by atoms with van der Waals surface area (Å²) in [4.78, 5) is 11.9. The van der Waals surface area contributed by atoms with Crippen molar-refractivity contribution in [2.75, 3.05) is 0 Å². The number of nitrogens with one attached hydrogen (secondary N) is 1. The molecule has 1 heterocycles. The Morgan fingerprint density at radius 1 is 1.50 bits per heavy atom. The highest BCUT2D eigenvalue weighted by Gasteiger charge is 2.19. The number of hydrogen-bond donors (Lipinski definition) is 1. The highest BCUT2D eigenvalue weighted by atomic mass is 35.7. The number of rotatable bonds is 5. The highest BCUT2D eigenvalue weighted by molar-refractivity contribution is 8.15. The summed E-state index contributed by atoms with van der Waals surface area (Å²) in [7, 11) is 1.45. The van der Waals surface area contributed by atoms with Gasteiger partial charge < -0.3 is 5.32 Å². The number of hydrogen-bond acceptors (Lipinski definition) is 4. The van der Waals surface area contributed by atoms with E-state index in [1.165, 1.54) is 11.4 Å². The number of amides is 1. The van der Waals surface area contributed by atoms with Crippen molar-refractivity contribution in [3.8, 4) is 0 Å². The zero-order chi connectivity index (χ0) is 13.9. The summed E-state index contributed by atoms with van der Waals surface area (Å²) in [6.45, 7) is 6.03. The van der Waals surface area contributed by atoms with Gasteiger partial charge in [-0.05, 0) is 18.9 Å². The largest absolute Gasteiger partial charge is 0.349 e. The summed E-state index contributed by atoms with van der Waals surface area (Å²) in [5, 5.41) is 4.34. The van der Waals surface area contributed by atoms with E-state index >= 15 is 0 Å². The third kappa shape index (κ3) is 3.96. The standard InChI is InChI=1S/C11H16ClNO3S2/c1-4-7(2)8(3)13-11(14)9-5-10(17-6-9)18(12,15)16/h5-8H,4H2,1-3H3,(H,13,14). The third-order valence-corrected chi connectivity index (χ3v) is 5.97. The topological polar surface area (TPSA) is 63.2 Å². The Hall–Kier alpha value is -0.590. The quantitative estimate of drug-likeness (QED) is 0.851.